The van der Waals surface area contributed by atoms with Crippen LogP contribution in [0.3, 0.4) is 0 Å². The molecule has 1 N–H and O–H groups in total. The fraction of sp³-hybridized carbons (Fsp3) is 0.400. The van der Waals surface area contributed by atoms with Gasteiger partial charge in [0.1, 0.15) is 0 Å². The highest BCUT2D eigenvalue weighted by Gasteiger charge is 2.33. The molecule has 0 unspecified atom stereocenters. The Bertz CT molecular complexity index is 1140. The lowest BCUT2D eigenvalue weighted by molar-refractivity contribution is 0.0662. The quantitative estimate of drug-likeness (QED) is 0.691. The van der Waals surface area contributed by atoms with E-state index >= 15 is 0 Å². The number of aromatic amines is 1. The second-order valence-corrected chi connectivity index (χ2v) is 8.89. The highest BCUT2D eigenvalue weighted by atomic mass is 16.2. The van der Waals surface area contributed by atoms with Crippen molar-refractivity contribution in [2.24, 2.45) is 0 Å². The van der Waals surface area contributed by atoms with E-state index in [1.54, 1.807) is 6.20 Å². The van der Waals surface area contributed by atoms with Gasteiger partial charge in [-0.3, -0.25) is 14.6 Å². The van der Waals surface area contributed by atoms with Gasteiger partial charge >= 0.3 is 0 Å². The number of nitrogens with zero attached hydrogens (tertiary/aromatic N) is 4. The minimum Gasteiger partial charge on any atom is -0.358 e. The maximum absolute atomic E-state index is 13.5. The number of amides is 2. The van der Waals surface area contributed by atoms with E-state index in [-0.39, 0.29) is 17.9 Å². The van der Waals surface area contributed by atoms with E-state index in [0.29, 0.717) is 12.1 Å². The van der Waals surface area contributed by atoms with Gasteiger partial charge in [0.2, 0.25) is 0 Å². The number of aryl methyl sites for hydroxylation is 1. The summed E-state index contributed by atoms with van der Waals surface area (Å²) in [6.07, 6.45) is 3.50. The number of carbonyl (C=O) groups is 2. The highest BCUT2D eigenvalue weighted by Crippen LogP contribution is 2.34. The van der Waals surface area contributed by atoms with Crippen molar-refractivity contribution in [2.45, 2.75) is 25.8 Å². The Labute approximate surface area is 188 Å². The molecule has 1 aromatic carbocycles. The van der Waals surface area contributed by atoms with Crippen LogP contribution in [0.4, 0.5) is 0 Å². The molecule has 0 aliphatic carbocycles. The normalized spacial score (nSPS) is 19.6. The maximum Gasteiger partial charge on any atom is 0.256 e. The van der Waals surface area contributed by atoms with Crippen LogP contribution in [0.2, 0.25) is 0 Å². The minimum absolute atomic E-state index is 0.0333. The third-order valence-electron chi connectivity index (χ3n) is 6.79. The Morgan fingerprint density at radius 3 is 2.53 bits per heavy atom. The molecule has 0 bridgehead atoms. The van der Waals surface area contributed by atoms with Crippen molar-refractivity contribution in [3.63, 3.8) is 0 Å². The van der Waals surface area contributed by atoms with Crippen LogP contribution in [0.15, 0.2) is 42.6 Å². The average molecular weight is 432 g/mol. The first-order valence-corrected chi connectivity index (χ1v) is 11.3. The van der Waals surface area contributed by atoms with Crippen LogP contribution in [0.5, 0.6) is 0 Å². The standard InChI is InChI=1S/C25H29N5O2/c1-17-23(19-6-3-4-7-20(19)27-17)25(32)30-11-5-8-22(30)21-10-9-18(16-26-21)24(31)29-14-12-28(2)13-15-29/h3-4,6-7,9-10,16,22,27H,5,8,11-15H2,1-2H3/t22-/m1/s1. The lowest BCUT2D eigenvalue weighted by atomic mass is 10.1. The largest absolute Gasteiger partial charge is 0.358 e. The zero-order valence-corrected chi connectivity index (χ0v) is 18.7. The number of likely N-dealkylation sites (N-methyl/N-ethyl adjacent to an activating group) is 1. The summed E-state index contributed by atoms with van der Waals surface area (Å²) in [5.74, 6) is 0.0766. The van der Waals surface area contributed by atoms with Crippen molar-refractivity contribution in [2.75, 3.05) is 39.8 Å². The predicted molar refractivity (Wildman–Crippen MR) is 124 cm³/mol. The van der Waals surface area contributed by atoms with Gasteiger partial charge in [-0.15, -0.1) is 0 Å². The smallest absolute Gasteiger partial charge is 0.256 e. The summed E-state index contributed by atoms with van der Waals surface area (Å²) in [6.45, 7) is 5.94. The van der Waals surface area contributed by atoms with E-state index in [1.807, 2.05) is 53.1 Å². The Hall–Kier alpha value is -3.19. The zero-order chi connectivity index (χ0) is 22.2. The molecule has 7 nitrogen and oxygen atoms in total. The molecule has 4 heterocycles. The molecule has 3 aromatic rings. The number of piperazine rings is 1. The molecular weight excluding hydrogens is 402 g/mol. The number of H-pyrrole nitrogens is 1. The summed E-state index contributed by atoms with van der Waals surface area (Å²) in [7, 11) is 2.07. The molecule has 166 valence electrons. The third kappa shape index (κ3) is 3.66. The number of rotatable bonds is 3. The van der Waals surface area contributed by atoms with Gasteiger partial charge in [-0.2, -0.15) is 0 Å². The van der Waals surface area contributed by atoms with E-state index < -0.39 is 0 Å². The average Bonchev–Trinajstić information content (AvgIpc) is 3.43. The molecule has 32 heavy (non-hydrogen) atoms. The third-order valence-corrected chi connectivity index (χ3v) is 6.79. The lowest BCUT2D eigenvalue weighted by Gasteiger charge is -2.32. The van der Waals surface area contributed by atoms with E-state index in [1.165, 1.54) is 0 Å². The van der Waals surface area contributed by atoms with E-state index in [2.05, 4.69) is 21.9 Å². The van der Waals surface area contributed by atoms with E-state index in [0.717, 1.165) is 66.9 Å². The van der Waals surface area contributed by atoms with Gasteiger partial charge in [-0.05, 0) is 45.0 Å². The molecule has 0 spiro atoms. The number of aromatic nitrogens is 2. The van der Waals surface area contributed by atoms with Crippen molar-refractivity contribution >= 4 is 22.7 Å². The number of likely N-dealkylation sites (tertiary alicyclic amines) is 1. The highest BCUT2D eigenvalue weighted by molar-refractivity contribution is 6.08. The number of pyridine rings is 1. The molecule has 2 fully saturated rings. The Morgan fingerprint density at radius 2 is 1.78 bits per heavy atom. The van der Waals surface area contributed by atoms with Crippen LogP contribution in [0.25, 0.3) is 10.9 Å². The Kier molecular flexibility index (Phi) is 5.43. The minimum atomic E-state index is -0.0663. The van der Waals surface area contributed by atoms with Crippen molar-refractivity contribution in [1.29, 1.82) is 0 Å². The van der Waals surface area contributed by atoms with Gasteiger partial charge in [0.15, 0.2) is 0 Å². The Morgan fingerprint density at radius 1 is 1.00 bits per heavy atom. The predicted octanol–water partition coefficient (Wildman–Crippen LogP) is 3.24. The van der Waals surface area contributed by atoms with Crippen molar-refractivity contribution in [3.05, 3.63) is 65.1 Å². The number of hydrogen-bond acceptors (Lipinski definition) is 4. The molecule has 0 radical (unpaired) electrons. The molecule has 2 aliphatic heterocycles. The van der Waals surface area contributed by atoms with Crippen molar-refractivity contribution in [3.8, 4) is 0 Å². The van der Waals surface area contributed by atoms with Crippen molar-refractivity contribution in [1.82, 2.24) is 24.7 Å². The topological polar surface area (TPSA) is 72.5 Å². The van der Waals surface area contributed by atoms with Gasteiger partial charge in [0.05, 0.1) is 22.9 Å². The van der Waals surface area contributed by atoms with Gasteiger partial charge in [-0.25, -0.2) is 0 Å². The van der Waals surface area contributed by atoms with Gasteiger partial charge in [0.25, 0.3) is 11.8 Å². The van der Waals surface area contributed by atoms with Gasteiger partial charge in [-0.1, -0.05) is 18.2 Å². The zero-order valence-electron chi connectivity index (χ0n) is 18.7. The second-order valence-electron chi connectivity index (χ2n) is 8.89. The molecule has 0 saturated carbocycles. The molecule has 7 heteroatoms. The number of nitrogens with one attached hydrogen (secondary N) is 1. The molecule has 5 rings (SSSR count). The number of benzene rings is 1. The SMILES string of the molecule is Cc1[nH]c2ccccc2c1C(=O)N1CCC[C@@H]1c1ccc(C(=O)N2CCN(C)CC2)cn1. The maximum atomic E-state index is 13.5. The fourth-order valence-corrected chi connectivity index (χ4v) is 4.93. The monoisotopic (exact) mass is 431 g/mol. The van der Waals surface area contributed by atoms with Crippen LogP contribution in [0.1, 0.15) is 51.0 Å². The molecule has 2 aromatic heterocycles. The fourth-order valence-electron chi connectivity index (χ4n) is 4.93. The van der Waals surface area contributed by atoms with Gasteiger partial charge in [0, 0.05) is 55.5 Å². The van der Waals surface area contributed by atoms with Gasteiger partial charge < -0.3 is 19.7 Å². The molecule has 2 amide bonds. The number of hydrogen-bond donors (Lipinski definition) is 1. The summed E-state index contributed by atoms with van der Waals surface area (Å²) < 4.78 is 0. The summed E-state index contributed by atoms with van der Waals surface area (Å²) >= 11 is 0. The van der Waals surface area contributed by atoms with Crippen LogP contribution < -0.4 is 0 Å². The second kappa shape index (κ2) is 8.39. The summed E-state index contributed by atoms with van der Waals surface area (Å²) in [6, 6.07) is 11.6. The summed E-state index contributed by atoms with van der Waals surface area (Å²) in [4.78, 5) is 40.4. The van der Waals surface area contributed by atoms with Crippen molar-refractivity contribution < 1.29 is 9.59 Å². The molecule has 1 atom stereocenters. The van der Waals surface area contributed by atoms with Crippen LogP contribution in [0, 0.1) is 6.92 Å². The lowest BCUT2D eigenvalue weighted by Crippen LogP contribution is -2.47. The Balaban J connectivity index is 1.36. The van der Waals surface area contributed by atoms with E-state index in [9.17, 15) is 9.59 Å². The molecule has 2 aliphatic rings. The summed E-state index contributed by atoms with van der Waals surface area (Å²) in [5.41, 5.74) is 4.08. The number of fused-ring (bicyclic) bond motifs is 1. The molecule has 2 saturated heterocycles. The van der Waals surface area contributed by atoms with Crippen LogP contribution in [-0.4, -0.2) is 76.3 Å². The number of para-hydroxylation sites is 1. The van der Waals surface area contributed by atoms with E-state index in [4.69, 9.17) is 0 Å². The van der Waals surface area contributed by atoms with Crippen LogP contribution in [-0.2, 0) is 0 Å². The van der Waals surface area contributed by atoms with Crippen LogP contribution >= 0.6 is 0 Å². The first kappa shape index (κ1) is 20.7. The first-order valence-electron chi connectivity index (χ1n) is 11.3. The molecular formula is C25H29N5O2. The first-order chi connectivity index (χ1) is 15.5. The number of carbonyl (C=O) groups excluding carboxylic acids is 2. The summed E-state index contributed by atoms with van der Waals surface area (Å²) in [5, 5.41) is 0.960.